The summed E-state index contributed by atoms with van der Waals surface area (Å²) < 4.78 is 0. The summed E-state index contributed by atoms with van der Waals surface area (Å²) >= 11 is 0. The highest BCUT2D eigenvalue weighted by Gasteiger charge is 2.27. The molecule has 1 fully saturated rings. The average Bonchev–Trinajstić information content (AvgIpc) is 2.99. The Kier molecular flexibility index (Phi) is 5.05. The van der Waals surface area contributed by atoms with Crippen LogP contribution in [0.25, 0.3) is 0 Å². The number of carbonyl (C=O) groups is 2. The van der Waals surface area contributed by atoms with Gasteiger partial charge in [0.05, 0.1) is 24.3 Å². The number of nitrogens with zero attached hydrogens (tertiary/aromatic N) is 3. The van der Waals surface area contributed by atoms with Crippen LogP contribution in [0.4, 0.5) is 11.5 Å². The zero-order valence-corrected chi connectivity index (χ0v) is 15.4. The van der Waals surface area contributed by atoms with Crippen molar-refractivity contribution in [2.75, 3.05) is 29.9 Å². The third kappa shape index (κ3) is 3.79. The van der Waals surface area contributed by atoms with E-state index < -0.39 is 0 Å². The Hall–Kier alpha value is -2.89. The molecule has 1 aromatic carbocycles. The van der Waals surface area contributed by atoms with Crippen LogP contribution >= 0.6 is 0 Å². The summed E-state index contributed by atoms with van der Waals surface area (Å²) in [6.45, 7) is 2.27. The summed E-state index contributed by atoms with van der Waals surface area (Å²) in [7, 11) is 0. The molecule has 4 rings (SSSR count). The van der Waals surface area contributed by atoms with Crippen molar-refractivity contribution in [3.8, 4) is 0 Å². The van der Waals surface area contributed by atoms with Gasteiger partial charge in [0, 0.05) is 19.3 Å². The molecule has 0 radical (unpaired) electrons. The van der Waals surface area contributed by atoms with Gasteiger partial charge in [-0.05, 0) is 24.5 Å². The molecule has 140 valence electrons. The normalized spacial score (nSPS) is 17.1. The number of amides is 2. The number of hydrogen-bond donors (Lipinski definition) is 1. The molecule has 3 heterocycles. The van der Waals surface area contributed by atoms with E-state index in [9.17, 15) is 9.59 Å². The Morgan fingerprint density at radius 1 is 1.07 bits per heavy atom. The molecule has 0 bridgehead atoms. The van der Waals surface area contributed by atoms with Crippen LogP contribution in [0.1, 0.15) is 41.6 Å². The Morgan fingerprint density at radius 3 is 2.56 bits per heavy atom. The van der Waals surface area contributed by atoms with Gasteiger partial charge in [0.15, 0.2) is 5.82 Å². The van der Waals surface area contributed by atoms with Crippen molar-refractivity contribution in [3.05, 3.63) is 53.7 Å². The molecule has 2 aliphatic rings. The fourth-order valence-corrected chi connectivity index (χ4v) is 3.70. The molecule has 6 heteroatoms. The standard InChI is InChI=1S/C21H24N4O2/c26-19-14-23-20-18(25(19)15-16-8-4-3-5-9-16)12-17(13-22-20)21(27)24-10-6-1-2-7-11-24/h3-5,8-9,12-13H,1-2,6-7,10-11,14-15H2,(H,22,23). The topological polar surface area (TPSA) is 65.5 Å². The minimum absolute atomic E-state index is 0.00452. The number of anilines is 2. The molecule has 1 saturated heterocycles. The highest BCUT2D eigenvalue weighted by Crippen LogP contribution is 2.30. The summed E-state index contributed by atoms with van der Waals surface area (Å²) in [4.78, 5) is 33.5. The predicted molar refractivity (Wildman–Crippen MR) is 105 cm³/mol. The molecule has 0 unspecified atom stereocenters. The van der Waals surface area contributed by atoms with Crippen molar-refractivity contribution in [2.45, 2.75) is 32.2 Å². The van der Waals surface area contributed by atoms with E-state index in [0.29, 0.717) is 23.6 Å². The number of carbonyl (C=O) groups excluding carboxylic acids is 2. The number of nitrogens with one attached hydrogen (secondary N) is 1. The lowest BCUT2D eigenvalue weighted by atomic mass is 10.1. The highest BCUT2D eigenvalue weighted by molar-refractivity contribution is 6.04. The van der Waals surface area contributed by atoms with Crippen molar-refractivity contribution >= 4 is 23.3 Å². The lowest BCUT2D eigenvalue weighted by Crippen LogP contribution is -2.40. The quantitative estimate of drug-likeness (QED) is 0.909. The Bertz CT molecular complexity index is 829. The molecule has 27 heavy (non-hydrogen) atoms. The minimum Gasteiger partial charge on any atom is -0.359 e. The van der Waals surface area contributed by atoms with Crippen LogP contribution in [-0.4, -0.2) is 41.3 Å². The Morgan fingerprint density at radius 2 is 1.81 bits per heavy atom. The zero-order chi connectivity index (χ0) is 18.6. The van der Waals surface area contributed by atoms with Gasteiger partial charge < -0.3 is 15.1 Å². The van der Waals surface area contributed by atoms with Gasteiger partial charge in [0.1, 0.15) is 0 Å². The number of likely N-dealkylation sites (tertiary alicyclic amines) is 1. The molecule has 0 spiro atoms. The molecule has 0 aliphatic carbocycles. The first-order valence-corrected chi connectivity index (χ1v) is 9.60. The summed E-state index contributed by atoms with van der Waals surface area (Å²) in [5.41, 5.74) is 2.27. The van der Waals surface area contributed by atoms with Crippen LogP contribution in [-0.2, 0) is 11.3 Å². The first-order chi connectivity index (χ1) is 13.2. The fourth-order valence-electron chi connectivity index (χ4n) is 3.70. The second kappa shape index (κ2) is 7.78. The largest absolute Gasteiger partial charge is 0.359 e. The number of fused-ring (bicyclic) bond motifs is 1. The second-order valence-corrected chi connectivity index (χ2v) is 7.12. The van der Waals surface area contributed by atoms with Gasteiger partial charge in [-0.15, -0.1) is 0 Å². The molecule has 2 aliphatic heterocycles. The van der Waals surface area contributed by atoms with Crippen LogP contribution < -0.4 is 10.2 Å². The molecule has 0 atom stereocenters. The van der Waals surface area contributed by atoms with E-state index >= 15 is 0 Å². The lowest BCUT2D eigenvalue weighted by molar-refractivity contribution is -0.117. The van der Waals surface area contributed by atoms with Gasteiger partial charge >= 0.3 is 0 Å². The van der Waals surface area contributed by atoms with Crippen molar-refractivity contribution in [3.63, 3.8) is 0 Å². The monoisotopic (exact) mass is 364 g/mol. The fraction of sp³-hybridized carbons (Fsp3) is 0.381. The number of hydrogen-bond acceptors (Lipinski definition) is 4. The van der Waals surface area contributed by atoms with E-state index in [1.165, 1.54) is 12.8 Å². The summed E-state index contributed by atoms with van der Waals surface area (Å²) in [6, 6.07) is 11.7. The van der Waals surface area contributed by atoms with Gasteiger partial charge in [0.25, 0.3) is 5.91 Å². The van der Waals surface area contributed by atoms with Crippen LogP contribution in [0, 0.1) is 0 Å². The summed E-state index contributed by atoms with van der Waals surface area (Å²) in [5, 5.41) is 3.06. The molecule has 6 nitrogen and oxygen atoms in total. The molecule has 1 aromatic heterocycles. The molecular formula is C21H24N4O2. The number of pyridine rings is 1. The van der Waals surface area contributed by atoms with Gasteiger partial charge in [-0.3, -0.25) is 9.59 Å². The maximum Gasteiger partial charge on any atom is 0.255 e. The first-order valence-electron chi connectivity index (χ1n) is 9.60. The van der Waals surface area contributed by atoms with E-state index in [-0.39, 0.29) is 18.4 Å². The van der Waals surface area contributed by atoms with Gasteiger partial charge in [-0.2, -0.15) is 0 Å². The molecule has 2 aromatic rings. The van der Waals surface area contributed by atoms with Crippen molar-refractivity contribution < 1.29 is 9.59 Å². The molecule has 0 saturated carbocycles. The average molecular weight is 364 g/mol. The van der Waals surface area contributed by atoms with E-state index in [0.717, 1.165) is 31.5 Å². The Labute approximate surface area is 159 Å². The molecule has 1 N–H and O–H groups in total. The Balaban J connectivity index is 1.62. The SMILES string of the molecule is O=C(c1cnc2c(c1)N(Cc1ccccc1)C(=O)CN2)N1CCCCCC1. The lowest BCUT2D eigenvalue weighted by Gasteiger charge is -2.30. The maximum absolute atomic E-state index is 12.9. The number of aromatic nitrogens is 1. The number of rotatable bonds is 3. The van der Waals surface area contributed by atoms with Crippen molar-refractivity contribution in [2.24, 2.45) is 0 Å². The smallest absolute Gasteiger partial charge is 0.255 e. The molecular weight excluding hydrogens is 340 g/mol. The minimum atomic E-state index is -0.0208. The van der Waals surface area contributed by atoms with Gasteiger partial charge in [-0.25, -0.2) is 4.98 Å². The number of benzene rings is 1. The van der Waals surface area contributed by atoms with Crippen LogP contribution in [0.15, 0.2) is 42.6 Å². The maximum atomic E-state index is 12.9. The van der Waals surface area contributed by atoms with Crippen molar-refractivity contribution in [1.29, 1.82) is 0 Å². The highest BCUT2D eigenvalue weighted by atomic mass is 16.2. The molecule has 2 amide bonds. The van der Waals surface area contributed by atoms with Gasteiger partial charge in [0.2, 0.25) is 5.91 Å². The van der Waals surface area contributed by atoms with E-state index in [1.54, 1.807) is 11.1 Å². The van der Waals surface area contributed by atoms with Crippen LogP contribution in [0.2, 0.25) is 0 Å². The summed E-state index contributed by atoms with van der Waals surface area (Å²) in [5.74, 6) is 0.635. The van der Waals surface area contributed by atoms with Crippen LogP contribution in [0.5, 0.6) is 0 Å². The first kappa shape index (κ1) is 17.5. The van der Waals surface area contributed by atoms with Gasteiger partial charge in [-0.1, -0.05) is 43.2 Å². The van der Waals surface area contributed by atoms with Crippen LogP contribution in [0.3, 0.4) is 0 Å². The van der Waals surface area contributed by atoms with Crippen molar-refractivity contribution in [1.82, 2.24) is 9.88 Å². The zero-order valence-electron chi connectivity index (χ0n) is 15.4. The third-order valence-corrected chi connectivity index (χ3v) is 5.19. The van der Waals surface area contributed by atoms with E-state index in [2.05, 4.69) is 10.3 Å². The summed E-state index contributed by atoms with van der Waals surface area (Å²) in [6.07, 6.45) is 6.06. The van der Waals surface area contributed by atoms with E-state index in [1.807, 2.05) is 41.3 Å². The third-order valence-electron chi connectivity index (χ3n) is 5.19. The predicted octanol–water partition coefficient (Wildman–Crippen LogP) is 3.06. The second-order valence-electron chi connectivity index (χ2n) is 7.12. The van der Waals surface area contributed by atoms with E-state index in [4.69, 9.17) is 0 Å².